The lowest BCUT2D eigenvalue weighted by molar-refractivity contribution is -0.140. The van der Waals surface area contributed by atoms with Gasteiger partial charge in [-0.25, -0.2) is 0 Å². The molecule has 3 heteroatoms. The van der Waals surface area contributed by atoms with E-state index in [1.54, 1.807) is 12.2 Å². The quantitative estimate of drug-likeness (QED) is 0.712. The van der Waals surface area contributed by atoms with E-state index < -0.39 is 5.97 Å². The summed E-state index contributed by atoms with van der Waals surface area (Å²) < 4.78 is 0. The van der Waals surface area contributed by atoms with Crippen molar-refractivity contribution < 1.29 is 9.90 Å². The minimum atomic E-state index is -0.770. The molecule has 96 valence electrons. The number of nitrogens with two attached hydrogens (primary N) is 1. The first kappa shape index (κ1) is 17.6. The van der Waals surface area contributed by atoms with Crippen LogP contribution in [0.1, 0.15) is 41.0 Å². The van der Waals surface area contributed by atoms with Crippen LogP contribution in [0.25, 0.3) is 0 Å². The highest BCUT2D eigenvalue weighted by Crippen LogP contribution is 2.12. The second-order valence-corrected chi connectivity index (χ2v) is 4.97. The zero-order valence-corrected chi connectivity index (χ0v) is 11.2. The van der Waals surface area contributed by atoms with Gasteiger partial charge in [0, 0.05) is 6.54 Å². The van der Waals surface area contributed by atoms with E-state index in [9.17, 15) is 4.79 Å². The highest BCUT2D eigenvalue weighted by Gasteiger charge is 2.14. The molecule has 0 bridgehead atoms. The molecule has 0 aromatic rings. The van der Waals surface area contributed by atoms with Gasteiger partial charge in [-0.1, -0.05) is 46.8 Å². The molecule has 0 aliphatic heterocycles. The van der Waals surface area contributed by atoms with E-state index in [-0.39, 0.29) is 5.92 Å². The summed E-state index contributed by atoms with van der Waals surface area (Å²) in [5.74, 6) is 0.0791. The molecule has 3 N–H and O–H groups in total. The van der Waals surface area contributed by atoms with Crippen LogP contribution in [0.2, 0.25) is 0 Å². The van der Waals surface area contributed by atoms with Gasteiger partial charge in [0.25, 0.3) is 0 Å². The molecule has 0 aromatic carbocycles. The molecule has 16 heavy (non-hydrogen) atoms. The first-order valence-electron chi connectivity index (χ1n) is 5.90. The summed E-state index contributed by atoms with van der Waals surface area (Å²) in [6.45, 7) is 10.9. The van der Waals surface area contributed by atoms with Crippen LogP contribution in [0.3, 0.4) is 0 Å². The first-order valence-corrected chi connectivity index (χ1v) is 5.90. The Labute approximate surface area is 99.7 Å². The van der Waals surface area contributed by atoms with Gasteiger partial charge in [-0.2, -0.15) is 0 Å². The predicted molar refractivity (Wildman–Crippen MR) is 69.3 cm³/mol. The van der Waals surface area contributed by atoms with E-state index in [1.807, 2.05) is 13.8 Å². The second kappa shape index (κ2) is 10.7. The minimum absolute atomic E-state index is 0.381. The maximum Gasteiger partial charge on any atom is 0.310 e. The topological polar surface area (TPSA) is 63.3 Å². The lowest BCUT2D eigenvalue weighted by atomic mass is 9.97. The van der Waals surface area contributed by atoms with E-state index in [0.717, 1.165) is 5.92 Å². The van der Waals surface area contributed by atoms with Gasteiger partial charge in [0.05, 0.1) is 5.92 Å². The van der Waals surface area contributed by atoms with Crippen LogP contribution in [0.15, 0.2) is 12.2 Å². The molecule has 0 aliphatic carbocycles. The molecule has 0 radical (unpaired) electrons. The zero-order chi connectivity index (χ0) is 13.1. The Morgan fingerprint density at radius 2 is 1.69 bits per heavy atom. The minimum Gasteiger partial charge on any atom is -0.481 e. The summed E-state index contributed by atoms with van der Waals surface area (Å²) in [6.07, 6.45) is 4.04. The molecule has 0 saturated carbocycles. The van der Waals surface area contributed by atoms with Crippen LogP contribution >= 0.6 is 0 Å². The van der Waals surface area contributed by atoms with Crippen LogP contribution in [0.4, 0.5) is 0 Å². The average molecular weight is 229 g/mol. The fourth-order valence-electron chi connectivity index (χ4n) is 1.01. The lowest BCUT2D eigenvalue weighted by Crippen LogP contribution is -2.13. The van der Waals surface area contributed by atoms with Gasteiger partial charge in [-0.3, -0.25) is 4.79 Å². The van der Waals surface area contributed by atoms with Crippen molar-refractivity contribution in [3.8, 4) is 0 Å². The Balaban J connectivity index is 0. The standard InChI is InChI=1S/C9H17NO2.C4H10/c1-7(2)6-8(9(11)12)4-3-5-10;1-4(2)3/h3-4,7-8H,5-6,10H2,1-2H3,(H,11,12);4H,1-3H3/b4-3-;/t8-;/m1./s1. The highest BCUT2D eigenvalue weighted by atomic mass is 16.4. The van der Waals surface area contributed by atoms with Crippen molar-refractivity contribution >= 4 is 5.97 Å². The van der Waals surface area contributed by atoms with E-state index in [0.29, 0.717) is 18.9 Å². The number of hydrogen-bond donors (Lipinski definition) is 2. The van der Waals surface area contributed by atoms with Crippen molar-refractivity contribution in [2.75, 3.05) is 6.54 Å². The molecule has 0 spiro atoms. The molecule has 1 atom stereocenters. The number of carboxylic acid groups (broad SMARTS) is 1. The van der Waals surface area contributed by atoms with Gasteiger partial charge in [-0.05, 0) is 18.3 Å². The zero-order valence-electron chi connectivity index (χ0n) is 11.2. The van der Waals surface area contributed by atoms with Crippen LogP contribution in [0.5, 0.6) is 0 Å². The third-order valence-corrected chi connectivity index (χ3v) is 1.55. The third-order valence-electron chi connectivity index (χ3n) is 1.55. The highest BCUT2D eigenvalue weighted by molar-refractivity contribution is 5.72. The summed E-state index contributed by atoms with van der Waals surface area (Å²) in [4.78, 5) is 10.6. The smallest absolute Gasteiger partial charge is 0.310 e. The third kappa shape index (κ3) is 15.6. The lowest BCUT2D eigenvalue weighted by Gasteiger charge is -2.09. The summed E-state index contributed by atoms with van der Waals surface area (Å²) >= 11 is 0. The normalized spacial score (nSPS) is 12.8. The molecule has 0 saturated heterocycles. The Morgan fingerprint density at radius 3 is 1.94 bits per heavy atom. The van der Waals surface area contributed by atoms with Crippen LogP contribution in [-0.2, 0) is 4.79 Å². The van der Waals surface area contributed by atoms with E-state index >= 15 is 0 Å². The number of carbonyl (C=O) groups is 1. The molecule has 0 unspecified atom stereocenters. The molecule has 0 rings (SSSR count). The Hall–Kier alpha value is -0.830. The monoisotopic (exact) mass is 229 g/mol. The number of aliphatic carboxylic acids is 1. The molecule has 0 heterocycles. The molecule has 3 nitrogen and oxygen atoms in total. The predicted octanol–water partition coefficient (Wildman–Crippen LogP) is 2.91. The van der Waals surface area contributed by atoms with Crippen molar-refractivity contribution in [1.82, 2.24) is 0 Å². The maximum atomic E-state index is 10.6. The first-order chi connectivity index (χ1) is 7.31. The molecular formula is C13H27NO2. The Kier molecular flexibility index (Phi) is 11.7. The van der Waals surface area contributed by atoms with Gasteiger partial charge >= 0.3 is 5.97 Å². The molecule has 0 aromatic heterocycles. The largest absolute Gasteiger partial charge is 0.481 e. The fraction of sp³-hybridized carbons (Fsp3) is 0.769. The summed E-state index contributed by atoms with van der Waals surface area (Å²) in [5, 5.41) is 8.76. The van der Waals surface area contributed by atoms with Crippen LogP contribution in [-0.4, -0.2) is 17.6 Å². The van der Waals surface area contributed by atoms with Crippen molar-refractivity contribution in [3.63, 3.8) is 0 Å². The van der Waals surface area contributed by atoms with Crippen molar-refractivity contribution in [3.05, 3.63) is 12.2 Å². The van der Waals surface area contributed by atoms with Gasteiger partial charge in [0.2, 0.25) is 0 Å². The number of rotatable bonds is 5. The van der Waals surface area contributed by atoms with Crippen LogP contribution < -0.4 is 5.73 Å². The van der Waals surface area contributed by atoms with E-state index in [1.165, 1.54) is 0 Å². The molecule has 0 fully saturated rings. The van der Waals surface area contributed by atoms with Crippen molar-refractivity contribution in [2.45, 2.75) is 41.0 Å². The average Bonchev–Trinajstić information content (AvgIpc) is 2.10. The second-order valence-electron chi connectivity index (χ2n) is 4.97. The van der Waals surface area contributed by atoms with Gasteiger partial charge in [-0.15, -0.1) is 0 Å². The van der Waals surface area contributed by atoms with E-state index in [2.05, 4.69) is 20.8 Å². The Morgan fingerprint density at radius 1 is 1.25 bits per heavy atom. The molecule has 0 amide bonds. The Bertz CT molecular complexity index is 195. The summed E-state index contributed by atoms with van der Waals surface area (Å²) in [6, 6.07) is 0. The van der Waals surface area contributed by atoms with Gasteiger partial charge < -0.3 is 10.8 Å². The molecular weight excluding hydrogens is 202 g/mol. The van der Waals surface area contributed by atoms with Crippen molar-refractivity contribution in [1.29, 1.82) is 0 Å². The van der Waals surface area contributed by atoms with Crippen molar-refractivity contribution in [2.24, 2.45) is 23.5 Å². The van der Waals surface area contributed by atoms with Gasteiger partial charge in [0.1, 0.15) is 0 Å². The number of carboxylic acids is 1. The summed E-state index contributed by atoms with van der Waals surface area (Å²) in [7, 11) is 0. The fourth-order valence-corrected chi connectivity index (χ4v) is 1.01. The summed E-state index contributed by atoms with van der Waals surface area (Å²) in [5.41, 5.74) is 5.23. The van der Waals surface area contributed by atoms with Gasteiger partial charge in [0.15, 0.2) is 0 Å². The van der Waals surface area contributed by atoms with Crippen LogP contribution in [0, 0.1) is 17.8 Å². The maximum absolute atomic E-state index is 10.6. The molecule has 0 aliphatic rings. The number of hydrogen-bond acceptors (Lipinski definition) is 2. The SMILES string of the molecule is CC(C)C.CC(C)C[C@@H](/C=C\CN)C(=O)O. The van der Waals surface area contributed by atoms with E-state index in [4.69, 9.17) is 10.8 Å².